The second-order valence-corrected chi connectivity index (χ2v) is 20.9. The molecule has 2 rings (SSSR count). The van der Waals surface area contributed by atoms with Gasteiger partial charge in [0, 0.05) is 6.54 Å². The first-order valence-electron chi connectivity index (χ1n) is 29.6. The van der Waals surface area contributed by atoms with Crippen LogP contribution in [0.5, 0.6) is 0 Å². The van der Waals surface area contributed by atoms with Crippen LogP contribution in [0.25, 0.3) is 4.85 Å². The molecule has 412 valence electrons. The third-order valence-corrected chi connectivity index (χ3v) is 14.7. The summed E-state index contributed by atoms with van der Waals surface area (Å²) in [5.41, 5.74) is 0. The molecular weight excluding hydrogens is 887 g/mol. The lowest BCUT2D eigenvalue weighted by molar-refractivity contribution is -0.303. The molecule has 13 nitrogen and oxygen atoms in total. The Balaban J connectivity index is 1.71. The summed E-state index contributed by atoms with van der Waals surface area (Å²) in [5, 5.41) is 58.4. The zero-order valence-corrected chi connectivity index (χ0v) is 45.3. The fraction of sp³-hybridized carbons (Fsp3) is 0.965. The predicted molar refractivity (Wildman–Crippen MR) is 284 cm³/mol. The Morgan fingerprint density at radius 3 is 1.46 bits per heavy atom. The molecule has 1 unspecified atom stereocenters. The molecule has 1 saturated heterocycles. The van der Waals surface area contributed by atoms with Gasteiger partial charge in [-0.05, 0) is 26.3 Å². The summed E-state index contributed by atoms with van der Waals surface area (Å²) < 4.78 is 22.7. The van der Waals surface area contributed by atoms with Crippen molar-refractivity contribution in [3.8, 4) is 6.07 Å². The first kappa shape index (κ1) is 64.5. The quantitative estimate of drug-likeness (QED) is 0.0320. The number of aliphatic hydroxyl groups excluding tert-OH is 5. The fourth-order valence-corrected chi connectivity index (χ4v) is 9.92. The van der Waals surface area contributed by atoms with E-state index in [0.717, 1.165) is 38.5 Å². The topological polar surface area (TPSA) is 175 Å². The van der Waals surface area contributed by atoms with Gasteiger partial charge in [-0.15, -0.1) is 0 Å². The minimum absolute atomic E-state index is 0.132. The van der Waals surface area contributed by atoms with Gasteiger partial charge in [0.05, 0.1) is 24.9 Å². The Kier molecular flexibility index (Phi) is 41.3. The zero-order valence-electron chi connectivity index (χ0n) is 45.3. The van der Waals surface area contributed by atoms with Gasteiger partial charge in [0.1, 0.15) is 37.6 Å². The molecule has 0 radical (unpaired) electrons. The van der Waals surface area contributed by atoms with Crippen molar-refractivity contribution in [1.29, 1.82) is 0 Å². The van der Waals surface area contributed by atoms with Crippen LogP contribution in [0.2, 0.25) is 0 Å². The minimum atomic E-state index is -1.64. The number of carbonyl (C=O) groups excluding carboxylic acids is 1. The molecule has 70 heavy (non-hydrogen) atoms. The van der Waals surface area contributed by atoms with Crippen molar-refractivity contribution in [1.82, 2.24) is 10.2 Å². The van der Waals surface area contributed by atoms with Crippen LogP contribution < -0.4 is 5.32 Å². The van der Waals surface area contributed by atoms with E-state index in [-0.39, 0.29) is 19.8 Å². The van der Waals surface area contributed by atoms with Crippen LogP contribution in [0.15, 0.2) is 0 Å². The highest BCUT2D eigenvalue weighted by Gasteiger charge is 2.46. The maximum Gasteiger partial charge on any atom is 0.415 e. The molecule has 0 aliphatic carbocycles. The number of likely N-dealkylation sites (N-methyl/N-ethyl adjacent to an activating group) is 1. The molecule has 0 saturated carbocycles. The van der Waals surface area contributed by atoms with E-state index in [1.165, 1.54) is 198 Å². The average Bonchev–Trinajstić information content (AvgIpc) is 3.37. The van der Waals surface area contributed by atoms with Gasteiger partial charge in [0.15, 0.2) is 12.9 Å². The van der Waals surface area contributed by atoms with Crippen LogP contribution in [-0.2, 0) is 18.9 Å². The number of nitrogens with zero attached hydrogens (tertiary/aromatic N) is 2. The van der Waals surface area contributed by atoms with Crippen LogP contribution in [-0.4, -0.2) is 131 Å². The van der Waals surface area contributed by atoms with Gasteiger partial charge in [-0.25, -0.2) is 9.69 Å². The lowest BCUT2D eigenvalue weighted by atomic mass is 9.98. The highest BCUT2D eigenvalue weighted by molar-refractivity contribution is 5.68. The molecule has 0 aromatic heterocycles. The largest absolute Gasteiger partial charge is 0.446 e. The van der Waals surface area contributed by atoms with Crippen molar-refractivity contribution in [3.63, 3.8) is 0 Å². The van der Waals surface area contributed by atoms with E-state index in [0.29, 0.717) is 19.5 Å². The van der Waals surface area contributed by atoms with Gasteiger partial charge < -0.3 is 49.8 Å². The van der Waals surface area contributed by atoms with E-state index in [1.54, 1.807) is 6.92 Å². The minimum Gasteiger partial charge on any atom is -0.446 e. The van der Waals surface area contributed by atoms with E-state index in [1.807, 2.05) is 0 Å². The lowest BCUT2D eigenvalue weighted by Gasteiger charge is -2.40. The van der Waals surface area contributed by atoms with Gasteiger partial charge in [0.2, 0.25) is 0 Å². The van der Waals surface area contributed by atoms with Gasteiger partial charge in [-0.2, -0.15) is 0 Å². The number of hydrogen-bond acceptors (Lipinski definition) is 11. The Hall–Kier alpha value is -1.60. The van der Waals surface area contributed by atoms with Crippen molar-refractivity contribution in [2.75, 3.05) is 39.5 Å². The summed E-state index contributed by atoms with van der Waals surface area (Å²) in [5.74, 6) is 0. The van der Waals surface area contributed by atoms with Crippen molar-refractivity contribution < 1.29 is 49.3 Å². The summed E-state index contributed by atoms with van der Waals surface area (Å²) in [4.78, 5) is 18.5. The number of nitrogens with one attached hydrogen (secondary N) is 1. The van der Waals surface area contributed by atoms with Gasteiger partial charge in [-0.3, -0.25) is 0 Å². The second kappa shape index (κ2) is 44.8. The summed E-state index contributed by atoms with van der Waals surface area (Å²) in [6.45, 7) is 7.13. The first-order valence-corrected chi connectivity index (χ1v) is 29.6. The van der Waals surface area contributed by atoms with E-state index in [9.17, 15) is 30.3 Å². The van der Waals surface area contributed by atoms with Crippen LogP contribution in [0, 0.1) is 6.07 Å². The summed E-state index contributed by atoms with van der Waals surface area (Å²) in [6.07, 6.45) is 36.4. The number of aliphatic hydroxyl groups is 5. The van der Waals surface area contributed by atoms with Gasteiger partial charge in [-0.1, -0.05) is 243 Å². The number of rotatable bonds is 48. The molecule has 0 spiro atoms. The van der Waals surface area contributed by atoms with E-state index >= 15 is 0 Å². The average molecular weight is 998 g/mol. The van der Waals surface area contributed by atoms with Crippen molar-refractivity contribution in [2.45, 2.75) is 313 Å². The summed E-state index contributed by atoms with van der Waals surface area (Å²) in [6, 6.07) is 2.04. The Bertz CT molecular complexity index is 1260. The molecule has 6 N–H and O–H groups in total. The summed E-state index contributed by atoms with van der Waals surface area (Å²) >= 11 is 0. The smallest absolute Gasteiger partial charge is 0.415 e. The Labute approximate surface area is 428 Å². The predicted octanol–water partition coefficient (Wildman–Crippen LogP) is 12.1. The van der Waals surface area contributed by atoms with E-state index < -0.39 is 67.8 Å². The zero-order chi connectivity index (χ0) is 50.7. The van der Waals surface area contributed by atoms with Crippen LogP contribution in [0.3, 0.4) is 0 Å². The SMILES string of the molecule is CCCCCCCCCCCCCCCCCCCCCCCCCCN[C@@H](CO[C@H]1O[C@H](COC(=O)N(CC)C2COCC#[N+]2)[C@H](O)[C@H](O)[C@H]1O)[C@H](O)[C@H](O)CCCCCCCCCCCCCC. The maximum absolute atomic E-state index is 13.0. The lowest BCUT2D eigenvalue weighted by Crippen LogP contribution is -2.60. The molecule has 13 heteroatoms. The van der Waals surface area contributed by atoms with Crippen molar-refractivity contribution >= 4 is 6.09 Å². The highest BCUT2D eigenvalue weighted by atomic mass is 16.7. The van der Waals surface area contributed by atoms with E-state index in [4.69, 9.17) is 18.9 Å². The van der Waals surface area contributed by atoms with Gasteiger partial charge >= 0.3 is 18.3 Å². The van der Waals surface area contributed by atoms with E-state index in [2.05, 4.69) is 30.1 Å². The number of amides is 1. The second-order valence-electron chi connectivity index (χ2n) is 20.9. The number of unbranched alkanes of at least 4 members (excludes halogenated alkanes) is 34. The molecule has 2 heterocycles. The summed E-state index contributed by atoms with van der Waals surface area (Å²) in [7, 11) is 0. The fourth-order valence-electron chi connectivity index (χ4n) is 9.92. The highest BCUT2D eigenvalue weighted by Crippen LogP contribution is 2.24. The molecule has 9 atom stereocenters. The monoisotopic (exact) mass is 997 g/mol. The molecule has 1 fully saturated rings. The molecule has 0 bridgehead atoms. The van der Waals surface area contributed by atoms with Crippen LogP contribution in [0.4, 0.5) is 4.79 Å². The molecular formula is C57H110N3O10+. The van der Waals surface area contributed by atoms with Crippen LogP contribution in [0.1, 0.15) is 258 Å². The number of hydrogen-bond donors (Lipinski definition) is 6. The number of ether oxygens (including phenoxy) is 4. The third kappa shape index (κ3) is 31.2. The molecule has 0 aromatic rings. The molecule has 1 amide bonds. The number of carbonyl (C=O) groups is 1. The maximum atomic E-state index is 13.0. The molecule has 2 aliphatic rings. The van der Waals surface area contributed by atoms with Crippen LogP contribution >= 0.6 is 0 Å². The van der Waals surface area contributed by atoms with Gasteiger partial charge in [0.25, 0.3) is 0 Å². The Morgan fingerprint density at radius 2 is 1.04 bits per heavy atom. The molecule has 0 aromatic carbocycles. The first-order chi connectivity index (χ1) is 34.2. The third-order valence-electron chi connectivity index (χ3n) is 14.7. The normalized spacial score (nSPS) is 21.5. The van der Waals surface area contributed by atoms with Crippen molar-refractivity contribution in [2.24, 2.45) is 0 Å². The molecule has 2 aliphatic heterocycles. The van der Waals surface area contributed by atoms with Crippen molar-refractivity contribution in [3.05, 3.63) is 4.85 Å². The Morgan fingerprint density at radius 1 is 0.614 bits per heavy atom. The standard InChI is InChI=1S/C57H110N3O10/c1-4-7-9-11-13-15-17-19-20-21-22-23-24-25-26-27-28-29-30-32-34-36-38-40-42-58-48(52(62)49(61)41-39-37-35-33-31-18-16-14-12-10-8-5-2)45-68-56-55(65)54(64)53(63)50(70-56)46-69-57(66)60(6-3)51-47-67-44-43-59-51/h48-56,58,61-65H,4-42,44-47H2,1-3H3/q+1/t48-,49+,50+,51?,52-,53-,54-,55+,56-/m0/s1.